The molecule has 138 valence electrons. The lowest BCUT2D eigenvalue weighted by atomic mass is 10.3. The van der Waals surface area contributed by atoms with Crippen LogP contribution in [-0.4, -0.2) is 48.6 Å². The smallest absolute Gasteiger partial charge is 0.300 e. The summed E-state index contributed by atoms with van der Waals surface area (Å²) in [6.45, 7) is 0.924. The summed E-state index contributed by atoms with van der Waals surface area (Å²) < 4.78 is 32.8. The summed E-state index contributed by atoms with van der Waals surface area (Å²) in [4.78, 5) is 17.3. The first kappa shape index (κ1) is 18.5. The lowest BCUT2D eigenvalue weighted by Gasteiger charge is -2.04. The third-order valence-corrected chi connectivity index (χ3v) is 5.88. The van der Waals surface area contributed by atoms with Crippen molar-refractivity contribution in [1.82, 2.24) is 14.3 Å². The van der Waals surface area contributed by atoms with Gasteiger partial charge in [-0.05, 0) is 24.3 Å². The summed E-state index contributed by atoms with van der Waals surface area (Å²) in [6.07, 6.45) is 2.83. The van der Waals surface area contributed by atoms with Crippen LogP contribution in [0.4, 0.5) is 0 Å². The van der Waals surface area contributed by atoms with Gasteiger partial charge >= 0.3 is 0 Å². The first-order valence-electron chi connectivity index (χ1n) is 7.70. The van der Waals surface area contributed by atoms with Crippen molar-refractivity contribution in [3.63, 3.8) is 0 Å². The number of fused-ring (bicyclic) bond motifs is 1. The molecule has 0 radical (unpaired) electrons. The van der Waals surface area contributed by atoms with Gasteiger partial charge in [-0.3, -0.25) is 9.48 Å². The fourth-order valence-corrected chi connectivity index (χ4v) is 4.26. The highest BCUT2D eigenvalue weighted by Gasteiger charge is 2.14. The van der Waals surface area contributed by atoms with Crippen molar-refractivity contribution >= 4 is 37.3 Å². The molecule has 0 bridgehead atoms. The van der Waals surface area contributed by atoms with Gasteiger partial charge < -0.3 is 9.30 Å². The number of hydrogen-bond donors (Lipinski definition) is 0. The average Bonchev–Trinajstić information content (AvgIpc) is 3.15. The molecule has 2 heterocycles. The lowest BCUT2D eigenvalue weighted by Crippen LogP contribution is -2.19. The van der Waals surface area contributed by atoms with Gasteiger partial charge in [-0.1, -0.05) is 11.3 Å². The van der Waals surface area contributed by atoms with E-state index in [1.165, 1.54) is 16.0 Å². The zero-order chi connectivity index (χ0) is 18.9. The number of rotatable bonds is 5. The molecule has 0 saturated carbocycles. The molecule has 10 heteroatoms. The number of ether oxygens (including phenoxy) is 1. The molecule has 8 nitrogen and oxygen atoms in total. The van der Waals surface area contributed by atoms with Crippen molar-refractivity contribution in [2.45, 2.75) is 11.4 Å². The van der Waals surface area contributed by atoms with Crippen LogP contribution in [0.15, 0.2) is 40.4 Å². The van der Waals surface area contributed by atoms with Gasteiger partial charge in [-0.15, -0.1) is 0 Å². The Hall–Kier alpha value is -2.30. The highest BCUT2D eigenvalue weighted by atomic mass is 32.2. The van der Waals surface area contributed by atoms with Crippen LogP contribution in [0, 0.1) is 0 Å². The van der Waals surface area contributed by atoms with Gasteiger partial charge in [0.1, 0.15) is 0 Å². The van der Waals surface area contributed by atoms with Crippen LogP contribution in [-0.2, 0) is 28.2 Å². The van der Waals surface area contributed by atoms with E-state index in [0.29, 0.717) is 18.0 Å². The number of aromatic nitrogens is 3. The summed E-state index contributed by atoms with van der Waals surface area (Å²) in [6, 6.07) is 6.48. The highest BCUT2D eigenvalue weighted by Crippen LogP contribution is 2.22. The van der Waals surface area contributed by atoms with Gasteiger partial charge in [0.2, 0.25) is 0 Å². The van der Waals surface area contributed by atoms with Gasteiger partial charge in [0.15, 0.2) is 20.3 Å². The molecule has 0 fully saturated rings. The number of aryl methyl sites for hydroxylation is 1. The molecule has 2 aromatic heterocycles. The summed E-state index contributed by atoms with van der Waals surface area (Å²) in [5.41, 5.74) is 1.05. The Morgan fingerprint density at radius 2 is 2.12 bits per heavy atom. The number of carbonyl (C=O) groups excluding carboxylic acids is 1. The van der Waals surface area contributed by atoms with Crippen molar-refractivity contribution in [2.75, 3.05) is 20.0 Å². The number of hydrogen-bond acceptors (Lipinski definition) is 6. The number of carbonyl (C=O) groups is 1. The number of benzene rings is 1. The van der Waals surface area contributed by atoms with E-state index in [2.05, 4.69) is 10.1 Å². The normalized spacial score (nSPS) is 12.8. The minimum absolute atomic E-state index is 0.229. The Kier molecular flexibility index (Phi) is 5.08. The summed E-state index contributed by atoms with van der Waals surface area (Å²) in [5, 5.41) is 4.06. The van der Waals surface area contributed by atoms with Crippen LogP contribution >= 0.6 is 11.3 Å². The van der Waals surface area contributed by atoms with Crippen LogP contribution in [0.3, 0.4) is 0 Å². The molecule has 3 rings (SSSR count). The first-order valence-corrected chi connectivity index (χ1v) is 10.4. The molecule has 1 amide bonds. The molecule has 3 aromatic rings. The summed E-state index contributed by atoms with van der Waals surface area (Å²) >= 11 is 1.26. The number of nitrogens with zero attached hydrogens (tertiary/aromatic N) is 4. The van der Waals surface area contributed by atoms with Gasteiger partial charge in [0, 0.05) is 33.2 Å². The molecule has 0 atom stereocenters. The topological polar surface area (TPSA) is 95.6 Å². The zero-order valence-corrected chi connectivity index (χ0v) is 16.2. The van der Waals surface area contributed by atoms with Crippen molar-refractivity contribution in [3.8, 4) is 0 Å². The fraction of sp³-hybridized carbons (Fsp3) is 0.312. The van der Waals surface area contributed by atoms with E-state index < -0.39 is 15.7 Å². The van der Waals surface area contributed by atoms with Crippen molar-refractivity contribution in [2.24, 2.45) is 12.0 Å². The quantitative estimate of drug-likeness (QED) is 0.648. The van der Waals surface area contributed by atoms with E-state index in [4.69, 9.17) is 4.74 Å². The van der Waals surface area contributed by atoms with Gasteiger partial charge in [0.25, 0.3) is 5.91 Å². The molecule has 0 spiro atoms. The van der Waals surface area contributed by atoms with Crippen LogP contribution < -0.4 is 4.80 Å². The second-order valence-corrected chi connectivity index (χ2v) is 8.75. The van der Waals surface area contributed by atoms with Crippen LogP contribution in [0.2, 0.25) is 0 Å². The third-order valence-electron chi connectivity index (χ3n) is 3.73. The molecule has 26 heavy (non-hydrogen) atoms. The van der Waals surface area contributed by atoms with E-state index in [-0.39, 0.29) is 10.6 Å². The van der Waals surface area contributed by atoms with Gasteiger partial charge in [0.05, 0.1) is 21.7 Å². The van der Waals surface area contributed by atoms with E-state index >= 15 is 0 Å². The molecule has 0 N–H and O–H groups in total. The van der Waals surface area contributed by atoms with Crippen molar-refractivity contribution in [3.05, 3.63) is 41.0 Å². The number of amides is 1. The molecule has 0 aliphatic heterocycles. The Bertz CT molecular complexity index is 1140. The average molecular weight is 394 g/mol. The zero-order valence-electron chi connectivity index (χ0n) is 14.5. The number of thiazole rings is 1. The second-order valence-electron chi connectivity index (χ2n) is 5.72. The fourth-order valence-electron chi connectivity index (χ4n) is 2.44. The monoisotopic (exact) mass is 394 g/mol. The predicted octanol–water partition coefficient (Wildman–Crippen LogP) is 1.23. The first-order chi connectivity index (χ1) is 12.3. The molecule has 0 aliphatic rings. The SMILES string of the molecule is COCCn1c(=NC(=O)c2ccn(C)n2)sc2cc(S(C)(=O)=O)ccc21. The largest absolute Gasteiger partial charge is 0.383 e. The molecular weight excluding hydrogens is 376 g/mol. The van der Waals surface area contributed by atoms with E-state index in [0.717, 1.165) is 16.5 Å². The Balaban J connectivity index is 2.16. The molecule has 1 aromatic carbocycles. The maximum absolute atomic E-state index is 12.4. The summed E-state index contributed by atoms with van der Waals surface area (Å²) in [5.74, 6) is -0.452. The predicted molar refractivity (Wildman–Crippen MR) is 97.9 cm³/mol. The minimum atomic E-state index is -3.32. The van der Waals surface area contributed by atoms with Gasteiger partial charge in [-0.25, -0.2) is 8.42 Å². The maximum Gasteiger partial charge on any atom is 0.300 e. The Morgan fingerprint density at radius 3 is 2.73 bits per heavy atom. The van der Waals surface area contributed by atoms with E-state index in [9.17, 15) is 13.2 Å². The van der Waals surface area contributed by atoms with E-state index in [1.54, 1.807) is 44.6 Å². The van der Waals surface area contributed by atoms with Crippen LogP contribution in [0.1, 0.15) is 10.5 Å². The van der Waals surface area contributed by atoms with Crippen LogP contribution in [0.25, 0.3) is 10.2 Å². The molecule has 0 aliphatic carbocycles. The van der Waals surface area contributed by atoms with Crippen molar-refractivity contribution in [1.29, 1.82) is 0 Å². The molecule has 0 unspecified atom stereocenters. The third kappa shape index (κ3) is 3.76. The summed E-state index contributed by atoms with van der Waals surface area (Å²) in [7, 11) is -0.00176. The van der Waals surface area contributed by atoms with Crippen LogP contribution in [0.5, 0.6) is 0 Å². The van der Waals surface area contributed by atoms with Crippen molar-refractivity contribution < 1.29 is 17.9 Å². The second kappa shape index (κ2) is 7.14. The molecular formula is C16H18N4O4S2. The maximum atomic E-state index is 12.4. The van der Waals surface area contributed by atoms with E-state index in [1.807, 2.05) is 4.57 Å². The number of sulfone groups is 1. The number of methoxy groups -OCH3 is 1. The Morgan fingerprint density at radius 1 is 1.35 bits per heavy atom. The molecule has 0 saturated heterocycles. The minimum Gasteiger partial charge on any atom is -0.383 e. The highest BCUT2D eigenvalue weighted by molar-refractivity contribution is 7.90. The lowest BCUT2D eigenvalue weighted by molar-refractivity contribution is 0.0992. The van der Waals surface area contributed by atoms with Gasteiger partial charge in [-0.2, -0.15) is 10.1 Å². The standard InChI is InChI=1S/C16H18N4O4S2/c1-19-7-6-12(18-19)15(21)17-16-20(8-9-24-2)13-5-4-11(26(3,22)23)10-14(13)25-16/h4-7,10H,8-9H2,1-3H3. The Labute approximate surface area is 154 Å².